The monoisotopic (exact) mass is 343 g/mol. The molecule has 0 unspecified atom stereocenters. The molecule has 0 aliphatic heterocycles. The maximum absolute atomic E-state index is 13.6. The lowest BCUT2D eigenvalue weighted by molar-refractivity contribution is 0.415. The first-order valence-electron chi connectivity index (χ1n) is 5.61. The van der Waals surface area contributed by atoms with Gasteiger partial charge in [-0.25, -0.2) is 4.39 Å². The smallest absolute Gasteiger partial charge is 0.147 e. The number of hydrogen-bond acceptors (Lipinski definition) is 2. The summed E-state index contributed by atoms with van der Waals surface area (Å²) < 4.78 is 19.4. The molecule has 19 heavy (non-hydrogen) atoms. The number of nitrogens with one attached hydrogen (secondary N) is 1. The molecule has 0 heterocycles. The topological polar surface area (TPSA) is 21.3 Å². The van der Waals surface area contributed by atoms with E-state index in [0.29, 0.717) is 27.5 Å². The van der Waals surface area contributed by atoms with Gasteiger partial charge in [0.25, 0.3) is 0 Å². The van der Waals surface area contributed by atoms with Crippen LogP contribution in [0.25, 0.3) is 0 Å². The van der Waals surface area contributed by atoms with E-state index in [1.54, 1.807) is 31.4 Å². The van der Waals surface area contributed by atoms with Crippen molar-refractivity contribution in [2.45, 2.75) is 6.54 Å². The summed E-state index contributed by atoms with van der Waals surface area (Å²) >= 11 is 9.25. The van der Waals surface area contributed by atoms with Gasteiger partial charge in [-0.3, -0.25) is 0 Å². The van der Waals surface area contributed by atoms with Crippen LogP contribution in [-0.4, -0.2) is 7.11 Å². The number of methoxy groups -OCH3 is 1. The third-order valence-electron chi connectivity index (χ3n) is 2.63. The van der Waals surface area contributed by atoms with Gasteiger partial charge < -0.3 is 10.1 Å². The molecule has 0 amide bonds. The summed E-state index contributed by atoms with van der Waals surface area (Å²) in [7, 11) is 1.57. The zero-order valence-corrected chi connectivity index (χ0v) is 12.6. The van der Waals surface area contributed by atoms with E-state index in [4.69, 9.17) is 16.3 Å². The molecule has 2 nitrogen and oxygen atoms in total. The van der Waals surface area contributed by atoms with Crippen LogP contribution in [-0.2, 0) is 6.54 Å². The van der Waals surface area contributed by atoms with Crippen LogP contribution in [0.4, 0.5) is 10.1 Å². The molecule has 0 aliphatic carbocycles. The molecule has 0 saturated carbocycles. The van der Waals surface area contributed by atoms with Crippen molar-refractivity contribution in [1.82, 2.24) is 0 Å². The van der Waals surface area contributed by atoms with Gasteiger partial charge in [0.15, 0.2) is 0 Å². The van der Waals surface area contributed by atoms with Crippen LogP contribution in [0.1, 0.15) is 5.56 Å². The molecule has 0 aliphatic rings. The summed E-state index contributed by atoms with van der Waals surface area (Å²) in [5, 5.41) is 3.57. The lowest BCUT2D eigenvalue weighted by Gasteiger charge is -2.09. The van der Waals surface area contributed by atoms with E-state index >= 15 is 0 Å². The molecule has 0 saturated heterocycles. The molecule has 0 atom stereocenters. The van der Waals surface area contributed by atoms with Crippen molar-refractivity contribution in [1.29, 1.82) is 0 Å². The minimum atomic E-state index is -0.297. The molecular weight excluding hydrogens is 333 g/mol. The van der Waals surface area contributed by atoms with Gasteiger partial charge in [-0.1, -0.05) is 33.6 Å². The Morgan fingerprint density at radius 3 is 2.68 bits per heavy atom. The van der Waals surface area contributed by atoms with Gasteiger partial charge in [0.2, 0.25) is 0 Å². The van der Waals surface area contributed by atoms with E-state index < -0.39 is 0 Å². The summed E-state index contributed by atoms with van der Waals surface area (Å²) in [4.78, 5) is 0. The van der Waals surface area contributed by atoms with Gasteiger partial charge in [-0.2, -0.15) is 0 Å². The van der Waals surface area contributed by atoms with Crippen LogP contribution in [0.5, 0.6) is 5.75 Å². The molecule has 2 rings (SSSR count). The number of rotatable bonds is 4. The molecule has 0 radical (unpaired) electrons. The Bertz CT molecular complexity index is 592. The first-order chi connectivity index (χ1) is 9.10. The van der Waals surface area contributed by atoms with Gasteiger partial charge in [-0.15, -0.1) is 0 Å². The second-order valence-corrected chi connectivity index (χ2v) is 5.27. The predicted molar refractivity (Wildman–Crippen MR) is 79.4 cm³/mol. The average Bonchev–Trinajstić information content (AvgIpc) is 2.38. The zero-order chi connectivity index (χ0) is 13.8. The molecule has 0 spiro atoms. The Hall–Kier alpha value is -1.26. The normalized spacial score (nSPS) is 10.3. The molecule has 0 fully saturated rings. The average molecular weight is 345 g/mol. The molecule has 0 aromatic heterocycles. The number of anilines is 1. The van der Waals surface area contributed by atoms with Crippen molar-refractivity contribution < 1.29 is 9.13 Å². The Morgan fingerprint density at radius 1 is 1.26 bits per heavy atom. The zero-order valence-electron chi connectivity index (χ0n) is 10.2. The summed E-state index contributed by atoms with van der Waals surface area (Å²) in [6.07, 6.45) is 0. The standard InChI is InChI=1S/C14H12BrClFNO/c1-19-14-5-2-9(6-11(14)16)8-18-13-4-3-10(15)7-12(13)17/h2-7,18H,8H2,1H3. The van der Waals surface area contributed by atoms with Crippen molar-refractivity contribution in [3.8, 4) is 5.75 Å². The molecule has 5 heteroatoms. The largest absolute Gasteiger partial charge is 0.495 e. The quantitative estimate of drug-likeness (QED) is 0.855. The van der Waals surface area contributed by atoms with E-state index in [2.05, 4.69) is 21.2 Å². The summed E-state index contributed by atoms with van der Waals surface area (Å²) in [6, 6.07) is 10.4. The lowest BCUT2D eigenvalue weighted by Crippen LogP contribution is -2.01. The van der Waals surface area contributed by atoms with Crippen LogP contribution < -0.4 is 10.1 Å². The Kier molecular flexibility index (Phi) is 4.66. The van der Waals surface area contributed by atoms with Crippen LogP contribution in [0.15, 0.2) is 40.9 Å². The van der Waals surface area contributed by atoms with Crippen molar-refractivity contribution >= 4 is 33.2 Å². The van der Waals surface area contributed by atoms with Gasteiger partial charge >= 0.3 is 0 Å². The first-order valence-corrected chi connectivity index (χ1v) is 6.78. The fourth-order valence-electron chi connectivity index (χ4n) is 1.65. The number of hydrogen-bond donors (Lipinski definition) is 1. The van der Waals surface area contributed by atoms with Gasteiger partial charge in [0.1, 0.15) is 11.6 Å². The van der Waals surface area contributed by atoms with Crippen molar-refractivity contribution in [3.05, 3.63) is 57.3 Å². The van der Waals surface area contributed by atoms with Crippen molar-refractivity contribution in [2.75, 3.05) is 12.4 Å². The van der Waals surface area contributed by atoms with Crippen LogP contribution in [0.2, 0.25) is 5.02 Å². The van der Waals surface area contributed by atoms with Crippen molar-refractivity contribution in [3.63, 3.8) is 0 Å². The third kappa shape index (κ3) is 3.61. The van der Waals surface area contributed by atoms with Gasteiger partial charge in [0, 0.05) is 11.0 Å². The summed E-state index contributed by atoms with van der Waals surface area (Å²) in [6.45, 7) is 0.488. The van der Waals surface area contributed by atoms with Crippen LogP contribution in [0, 0.1) is 5.82 Å². The molecule has 1 N–H and O–H groups in total. The Morgan fingerprint density at radius 2 is 2.05 bits per heavy atom. The maximum atomic E-state index is 13.6. The number of benzene rings is 2. The third-order valence-corrected chi connectivity index (χ3v) is 3.42. The molecule has 0 bridgehead atoms. The highest BCUT2D eigenvalue weighted by Crippen LogP contribution is 2.26. The first kappa shape index (κ1) is 14.2. The predicted octanol–water partition coefficient (Wildman–Crippen LogP) is 4.86. The fourth-order valence-corrected chi connectivity index (χ4v) is 2.26. The molecule has 2 aromatic carbocycles. The highest BCUT2D eigenvalue weighted by molar-refractivity contribution is 9.10. The molecule has 2 aromatic rings. The van der Waals surface area contributed by atoms with E-state index in [0.717, 1.165) is 5.56 Å². The number of ether oxygens (including phenoxy) is 1. The number of halogens is 3. The fraction of sp³-hybridized carbons (Fsp3) is 0.143. The van der Waals surface area contributed by atoms with Gasteiger partial charge in [-0.05, 0) is 35.9 Å². The summed E-state index contributed by atoms with van der Waals surface area (Å²) in [5.41, 5.74) is 1.41. The van der Waals surface area contributed by atoms with E-state index in [1.807, 2.05) is 6.07 Å². The van der Waals surface area contributed by atoms with E-state index in [-0.39, 0.29) is 5.82 Å². The second-order valence-electron chi connectivity index (χ2n) is 3.95. The van der Waals surface area contributed by atoms with Crippen LogP contribution >= 0.6 is 27.5 Å². The van der Waals surface area contributed by atoms with Crippen LogP contribution in [0.3, 0.4) is 0 Å². The Balaban J connectivity index is 2.08. The minimum absolute atomic E-state index is 0.297. The SMILES string of the molecule is COc1ccc(CNc2ccc(Br)cc2F)cc1Cl. The van der Waals surface area contributed by atoms with E-state index in [9.17, 15) is 4.39 Å². The van der Waals surface area contributed by atoms with Gasteiger partial charge in [0.05, 0.1) is 17.8 Å². The minimum Gasteiger partial charge on any atom is -0.495 e. The molecular formula is C14H12BrClFNO. The molecule has 100 valence electrons. The summed E-state index contributed by atoms with van der Waals surface area (Å²) in [5.74, 6) is 0.328. The second kappa shape index (κ2) is 6.26. The Labute approximate surface area is 124 Å². The highest BCUT2D eigenvalue weighted by atomic mass is 79.9. The highest BCUT2D eigenvalue weighted by Gasteiger charge is 2.04. The maximum Gasteiger partial charge on any atom is 0.147 e. The lowest BCUT2D eigenvalue weighted by atomic mass is 10.2. The van der Waals surface area contributed by atoms with E-state index in [1.165, 1.54) is 6.07 Å². The van der Waals surface area contributed by atoms with Crippen molar-refractivity contribution in [2.24, 2.45) is 0 Å².